The van der Waals surface area contributed by atoms with E-state index in [0.717, 1.165) is 192 Å². The monoisotopic (exact) mass is 1500 g/mol. The van der Waals surface area contributed by atoms with Gasteiger partial charge in [-0.3, -0.25) is 0 Å². The van der Waals surface area contributed by atoms with Gasteiger partial charge in [-0.15, -0.1) is 0 Å². The van der Waals surface area contributed by atoms with Crippen molar-refractivity contribution in [3.05, 3.63) is 302 Å². The molecule has 15 aromatic rings. The van der Waals surface area contributed by atoms with Crippen LogP contribution in [0.1, 0.15) is 101 Å². The maximum absolute atomic E-state index is 10.1. The number of aromatic nitrogens is 15. The van der Waals surface area contributed by atoms with Gasteiger partial charge in [0.25, 0.3) is 0 Å². The molecule has 0 atom stereocenters. The minimum atomic E-state index is 0.245. The highest BCUT2D eigenvalue weighted by atomic mass is 16.5. The zero-order valence-electron chi connectivity index (χ0n) is 65.2. The van der Waals surface area contributed by atoms with E-state index >= 15 is 0 Å². The van der Waals surface area contributed by atoms with Crippen molar-refractivity contribution in [2.75, 3.05) is 27.9 Å². The summed E-state index contributed by atoms with van der Waals surface area (Å²) in [6.07, 6.45) is 13.5. The first-order valence-electron chi connectivity index (χ1n) is 38.6. The highest BCUT2D eigenvalue weighted by Crippen LogP contribution is 2.39. The Balaban J connectivity index is 0.000000117. The Morgan fingerprint density at radius 3 is 1.00 bits per heavy atom. The van der Waals surface area contributed by atoms with Gasteiger partial charge in [-0.2, -0.15) is 25.5 Å². The van der Waals surface area contributed by atoms with Crippen LogP contribution in [0.4, 0.5) is 0 Å². The summed E-state index contributed by atoms with van der Waals surface area (Å²) >= 11 is 0. The van der Waals surface area contributed by atoms with Gasteiger partial charge < -0.3 is 24.1 Å². The molecule has 0 radical (unpaired) electrons. The van der Waals surface area contributed by atoms with E-state index in [9.17, 15) is 5.11 Å². The van der Waals surface area contributed by atoms with Crippen LogP contribution in [0.5, 0.6) is 28.7 Å². The third-order valence-electron chi connectivity index (χ3n) is 19.9. The number of aromatic hydroxyl groups is 1. The second-order valence-corrected chi connectivity index (χ2v) is 28.9. The first-order chi connectivity index (χ1) is 55.1. The fraction of sp³-hybridized carbons (Fsp3) is 0.247. The van der Waals surface area contributed by atoms with E-state index in [-0.39, 0.29) is 5.75 Å². The average Bonchev–Trinajstić information content (AvgIpc) is 1.69. The lowest BCUT2D eigenvalue weighted by molar-refractivity contribution is 0.340. The first-order valence-corrected chi connectivity index (χ1v) is 38.6. The van der Waals surface area contributed by atoms with Crippen LogP contribution >= 0.6 is 0 Å². The molecule has 0 saturated heterocycles. The van der Waals surface area contributed by atoms with Crippen LogP contribution in [0, 0.1) is 17.8 Å². The van der Waals surface area contributed by atoms with Crippen LogP contribution < -0.4 is 18.9 Å². The predicted molar refractivity (Wildman–Crippen MR) is 448 cm³/mol. The average molecular weight is 1500 g/mol. The molecule has 1 N–H and O–H groups in total. The van der Waals surface area contributed by atoms with Crippen LogP contribution in [-0.2, 0) is 32.1 Å². The summed E-state index contributed by atoms with van der Waals surface area (Å²) in [5, 5.41) is 33.3. The molecule has 3 aliphatic rings. The molecule has 20 nitrogen and oxygen atoms in total. The summed E-state index contributed by atoms with van der Waals surface area (Å²) in [5.41, 5.74) is 20.2. The lowest BCUT2D eigenvalue weighted by Gasteiger charge is -2.06. The van der Waals surface area contributed by atoms with Crippen LogP contribution in [0.2, 0.25) is 0 Å². The summed E-state index contributed by atoms with van der Waals surface area (Å²) in [7, 11) is 5.00. The number of rotatable bonds is 25. The molecule has 18 rings (SSSR count). The Hall–Kier alpha value is -13.1. The molecule has 0 bridgehead atoms. The van der Waals surface area contributed by atoms with Crippen LogP contribution in [0.25, 0.3) is 84.5 Å². The largest absolute Gasteiger partial charge is 0.507 e. The molecule has 113 heavy (non-hydrogen) atoms. The summed E-state index contributed by atoms with van der Waals surface area (Å²) in [6, 6.07) is 69.2. The first kappa shape index (κ1) is 76.7. The molecule has 0 amide bonds. The van der Waals surface area contributed by atoms with Crippen molar-refractivity contribution in [3.8, 4) is 85.0 Å². The molecular weight excluding hydrogens is 1410 g/mol. The van der Waals surface area contributed by atoms with Gasteiger partial charge in [-0.05, 0) is 253 Å². The molecule has 0 aliphatic heterocycles. The Bertz CT molecular complexity index is 5880. The molecule has 3 aliphatic carbocycles. The number of hydrogen-bond donors (Lipinski definition) is 1. The summed E-state index contributed by atoms with van der Waals surface area (Å²) in [5.74, 6) is 9.95. The second kappa shape index (κ2) is 35.3. The van der Waals surface area contributed by atoms with Crippen molar-refractivity contribution in [1.29, 1.82) is 0 Å². The Kier molecular flexibility index (Phi) is 23.9. The Morgan fingerprint density at radius 2 is 0.681 bits per heavy atom. The number of allylic oxidation sites excluding steroid dienone is 5. The van der Waals surface area contributed by atoms with Gasteiger partial charge in [0.05, 0.1) is 56.4 Å². The lowest BCUT2D eigenvalue weighted by atomic mass is 10.1. The van der Waals surface area contributed by atoms with Crippen molar-refractivity contribution in [2.45, 2.75) is 104 Å². The molecule has 20 heteroatoms. The van der Waals surface area contributed by atoms with E-state index in [1.54, 1.807) is 31.9 Å². The number of phenols is 1. The van der Waals surface area contributed by atoms with Crippen molar-refractivity contribution in [3.63, 3.8) is 0 Å². The van der Waals surface area contributed by atoms with Crippen molar-refractivity contribution in [1.82, 2.24) is 73.0 Å². The van der Waals surface area contributed by atoms with Gasteiger partial charge in [-0.25, -0.2) is 47.5 Å². The highest BCUT2D eigenvalue weighted by molar-refractivity contribution is 5.70. The van der Waals surface area contributed by atoms with Gasteiger partial charge in [0.1, 0.15) is 28.7 Å². The van der Waals surface area contributed by atoms with E-state index < -0.39 is 0 Å². The van der Waals surface area contributed by atoms with Crippen LogP contribution in [0.3, 0.4) is 0 Å². The number of methoxy groups -OCH3 is 3. The van der Waals surface area contributed by atoms with E-state index in [2.05, 4.69) is 104 Å². The number of hydrogen-bond acceptors (Lipinski definition) is 15. The Labute approximate surface area is 658 Å². The summed E-state index contributed by atoms with van der Waals surface area (Å²) < 4.78 is 30.6. The molecule has 0 unspecified atom stereocenters. The van der Waals surface area contributed by atoms with Gasteiger partial charge in [0.2, 0.25) is 0 Å². The number of benzene rings is 5. The second-order valence-electron chi connectivity index (χ2n) is 28.9. The molecule has 572 valence electrons. The SMILES string of the molecule is C=C(C)Cc1nc2cccc(-c3ccc(OC)cc3)n2n1.C=C(CC)Cc1nc2cccc(-c3ccc(OC)cc3)n2n1.C=C(Cc1nc2cccc(-c3ccc(OC)cc3)n2n1)CC1CC1.C=C(Cc1nc2cccc(-c3ccc(OCC)cc3)n2n1)C1CC1.C=C(Cc1nc2cccc(-c3ccccc3O)n2n1)C1CC1. The maximum Gasteiger partial charge on any atom is 0.156 e. The Morgan fingerprint density at radius 1 is 0.363 bits per heavy atom. The third-order valence-corrected chi connectivity index (χ3v) is 19.9. The van der Waals surface area contributed by atoms with Crippen LogP contribution in [0.15, 0.2) is 273 Å². The number of ether oxygens (including phenoxy) is 4. The molecule has 10 aromatic heterocycles. The fourth-order valence-electron chi connectivity index (χ4n) is 13.4. The quantitative estimate of drug-likeness (QED) is 0.0528. The number of para-hydroxylation sites is 1. The molecule has 3 fully saturated rings. The van der Waals surface area contributed by atoms with E-state index in [1.165, 1.54) is 55.2 Å². The summed E-state index contributed by atoms with van der Waals surface area (Å²) in [4.78, 5) is 23.0. The summed E-state index contributed by atoms with van der Waals surface area (Å²) in [6.45, 7) is 27.2. The normalized spacial score (nSPS) is 12.9. The number of pyridine rings is 5. The minimum Gasteiger partial charge on any atom is -0.507 e. The van der Waals surface area contributed by atoms with Gasteiger partial charge >= 0.3 is 0 Å². The topological polar surface area (TPSA) is 208 Å². The minimum absolute atomic E-state index is 0.245. The van der Waals surface area contributed by atoms with Gasteiger partial charge in [0, 0.05) is 59.9 Å². The number of phenolic OH excluding ortho intramolecular Hbond substituents is 1. The molecule has 5 aromatic carbocycles. The van der Waals surface area contributed by atoms with Crippen LogP contribution in [-0.4, -0.2) is 106 Å². The van der Waals surface area contributed by atoms with Gasteiger partial charge in [0.15, 0.2) is 57.4 Å². The predicted octanol–water partition coefficient (Wildman–Crippen LogP) is 19.7. The highest BCUT2D eigenvalue weighted by Gasteiger charge is 2.27. The van der Waals surface area contributed by atoms with E-state index in [4.69, 9.17) is 29.1 Å². The van der Waals surface area contributed by atoms with Crippen molar-refractivity contribution < 1.29 is 24.1 Å². The van der Waals surface area contributed by atoms with E-state index in [1.807, 2.05) is 214 Å². The van der Waals surface area contributed by atoms with Crippen molar-refractivity contribution in [2.24, 2.45) is 17.8 Å². The van der Waals surface area contributed by atoms with E-state index in [0.29, 0.717) is 24.9 Å². The molecular formula is C93H95N15O5. The number of nitrogens with zero attached hydrogens (tertiary/aromatic N) is 15. The molecule has 3 saturated carbocycles. The molecule has 0 spiro atoms. The number of fused-ring (bicyclic) bond motifs is 5. The zero-order valence-corrected chi connectivity index (χ0v) is 65.2. The van der Waals surface area contributed by atoms with Crippen molar-refractivity contribution >= 4 is 28.2 Å². The molecule has 10 heterocycles. The van der Waals surface area contributed by atoms with Gasteiger partial charge in [-0.1, -0.05) is 110 Å². The third kappa shape index (κ3) is 19.2. The fourth-order valence-corrected chi connectivity index (χ4v) is 13.4. The zero-order chi connectivity index (χ0) is 78.5. The smallest absolute Gasteiger partial charge is 0.156 e. The lowest BCUT2D eigenvalue weighted by Crippen LogP contribution is -1.97. The standard InChI is InChI=1S/2C20H21N3O.C18H17N3O.C18H19N3O.C17H17N3O/c1-14(12-15-6-7-15)13-19-21-20-5-3-4-18(23(20)22-19)16-8-10-17(24-2)11-9-16;1-3-24-17-11-9-16(10-12-17)18-5-4-6-20-21-19(22-23(18)20)13-14(2)15-7-8-15;1-12(13-9-10-13)11-17-19-18-8-4-6-15(21(18)20-17)14-5-2-3-7-16(14)22;1-4-13(2)12-17-19-18-7-5-6-16(21(18)20-17)14-8-10-15(22-3)11-9-14;1-12(2)11-16-18-17-6-4-5-15(20(17)19-16)13-7-9-14(21-3)10-8-13/h3-5,8-11,15H,1,6-7,12-13H2,2H3;4-6,9-12,15H,2-3,7-8,13H2,1H3;2-8,13,22H,1,9-11H2;5-11H,2,4,12H2,1,3H3;4-10H,1,11H2,2-3H3. The maximum atomic E-state index is 10.1.